The van der Waals surface area contributed by atoms with Crippen molar-refractivity contribution in [2.45, 2.75) is 45.4 Å². The average Bonchev–Trinajstić information content (AvgIpc) is 2.32. The summed E-state index contributed by atoms with van der Waals surface area (Å²) in [5.41, 5.74) is 1.91. The van der Waals surface area contributed by atoms with Gasteiger partial charge in [0.05, 0.1) is 12.6 Å². The van der Waals surface area contributed by atoms with E-state index in [4.69, 9.17) is 0 Å². The zero-order valence-electron chi connectivity index (χ0n) is 11.1. The van der Waals surface area contributed by atoms with Crippen LogP contribution in [0.5, 0.6) is 5.75 Å². The number of aliphatic hydroxyl groups excluding tert-OH is 1. The van der Waals surface area contributed by atoms with Crippen LogP contribution in [-0.2, 0) is 13.0 Å². The van der Waals surface area contributed by atoms with E-state index in [0.717, 1.165) is 5.56 Å². The number of phenols is 1. The fraction of sp³-hybridized carbons (Fsp3) is 0.500. The van der Waals surface area contributed by atoms with Crippen LogP contribution in [0, 0.1) is 0 Å². The maximum Gasteiger partial charge on any atom is 0.180 e. The van der Waals surface area contributed by atoms with Gasteiger partial charge in [-0.3, -0.25) is 4.79 Å². The Labute approximate surface area is 119 Å². The summed E-state index contributed by atoms with van der Waals surface area (Å²) in [5, 5.41) is 22.2. The monoisotopic (exact) mass is 285 g/mol. The third-order valence-electron chi connectivity index (χ3n) is 3.36. The van der Waals surface area contributed by atoms with E-state index in [1.165, 1.54) is 6.07 Å². The molecule has 1 aromatic rings. The fourth-order valence-electron chi connectivity index (χ4n) is 2.54. The normalized spacial score (nSPS) is 18.1. The summed E-state index contributed by atoms with van der Waals surface area (Å²) in [6, 6.07) is 3.24. The number of aliphatic hydroxyl groups is 1. The van der Waals surface area contributed by atoms with Gasteiger partial charge in [-0.15, -0.1) is 12.4 Å². The average molecular weight is 286 g/mol. The Hall–Kier alpha value is -1.10. The molecule has 0 saturated carbocycles. The van der Waals surface area contributed by atoms with E-state index in [1.54, 1.807) is 6.07 Å². The first-order chi connectivity index (χ1) is 8.54. The van der Waals surface area contributed by atoms with Crippen LogP contribution in [0.15, 0.2) is 12.1 Å². The van der Waals surface area contributed by atoms with E-state index in [2.05, 4.69) is 5.32 Å². The summed E-state index contributed by atoms with van der Waals surface area (Å²) in [6.07, 6.45) is 1.41. The Bertz CT molecular complexity index is 474. The summed E-state index contributed by atoms with van der Waals surface area (Å²) in [5.74, 6) is 0.124. The summed E-state index contributed by atoms with van der Waals surface area (Å²) >= 11 is 0. The molecule has 106 valence electrons. The molecule has 1 aliphatic rings. The number of ketones is 1. The minimum absolute atomic E-state index is 0. The molecule has 0 heterocycles. The number of fused-ring (bicyclic) bond motifs is 1. The summed E-state index contributed by atoms with van der Waals surface area (Å²) in [4.78, 5) is 12.3. The number of nitrogens with one attached hydrogen (secondary N) is 1. The number of halogens is 1. The second-order valence-electron chi connectivity index (χ2n) is 5.02. The Balaban J connectivity index is 0.00000180. The molecule has 0 saturated heterocycles. The van der Waals surface area contributed by atoms with Crippen LogP contribution in [0.25, 0.3) is 0 Å². The van der Waals surface area contributed by atoms with Crippen molar-refractivity contribution in [3.8, 4) is 5.75 Å². The van der Waals surface area contributed by atoms with Crippen LogP contribution in [-0.4, -0.2) is 28.1 Å². The molecule has 1 unspecified atom stereocenters. The van der Waals surface area contributed by atoms with Crippen molar-refractivity contribution >= 4 is 18.2 Å². The third kappa shape index (κ3) is 3.08. The molecule has 0 fully saturated rings. The molecule has 0 bridgehead atoms. The Morgan fingerprint density at radius 3 is 2.68 bits per heavy atom. The van der Waals surface area contributed by atoms with Crippen molar-refractivity contribution in [3.05, 3.63) is 28.8 Å². The minimum Gasteiger partial charge on any atom is -0.508 e. The van der Waals surface area contributed by atoms with E-state index in [-0.39, 0.29) is 42.6 Å². The molecule has 1 aliphatic carbocycles. The number of benzene rings is 1. The predicted octanol–water partition coefficient (Wildman–Crippen LogP) is 1.80. The largest absolute Gasteiger partial charge is 0.508 e. The number of hydrogen-bond acceptors (Lipinski definition) is 4. The molecule has 1 aromatic carbocycles. The second kappa shape index (κ2) is 6.37. The quantitative estimate of drug-likeness (QED) is 0.792. The lowest BCUT2D eigenvalue weighted by Crippen LogP contribution is -2.43. The fourth-order valence-corrected chi connectivity index (χ4v) is 2.54. The Morgan fingerprint density at radius 2 is 2.11 bits per heavy atom. The molecule has 1 atom stereocenters. The van der Waals surface area contributed by atoms with Crippen LogP contribution in [0.1, 0.15) is 41.8 Å². The van der Waals surface area contributed by atoms with Gasteiger partial charge in [0.15, 0.2) is 5.78 Å². The molecule has 4 nitrogen and oxygen atoms in total. The van der Waals surface area contributed by atoms with Crippen LogP contribution in [0.2, 0.25) is 0 Å². The number of hydrogen-bond donors (Lipinski definition) is 3. The number of aromatic hydroxyl groups is 1. The van der Waals surface area contributed by atoms with Crippen molar-refractivity contribution in [2.75, 3.05) is 0 Å². The van der Waals surface area contributed by atoms with Crippen molar-refractivity contribution in [1.29, 1.82) is 0 Å². The number of carbonyl (C=O) groups is 1. The van der Waals surface area contributed by atoms with E-state index < -0.39 is 0 Å². The van der Waals surface area contributed by atoms with Crippen LogP contribution < -0.4 is 5.32 Å². The highest BCUT2D eigenvalue weighted by atomic mass is 35.5. The lowest BCUT2D eigenvalue weighted by molar-refractivity contribution is 0.0922. The molecule has 2 rings (SSSR count). The summed E-state index contributed by atoms with van der Waals surface area (Å²) in [7, 11) is 0. The smallest absolute Gasteiger partial charge is 0.180 e. The van der Waals surface area contributed by atoms with Gasteiger partial charge in [0, 0.05) is 17.2 Å². The van der Waals surface area contributed by atoms with Gasteiger partial charge in [0.2, 0.25) is 0 Å². The first-order valence-electron chi connectivity index (χ1n) is 6.29. The molecule has 19 heavy (non-hydrogen) atoms. The van der Waals surface area contributed by atoms with Crippen molar-refractivity contribution in [3.63, 3.8) is 0 Å². The highest BCUT2D eigenvalue weighted by Crippen LogP contribution is 2.30. The first-order valence-corrected chi connectivity index (χ1v) is 6.29. The lowest BCUT2D eigenvalue weighted by Gasteiger charge is -2.27. The molecular formula is C14H20ClNO3. The van der Waals surface area contributed by atoms with E-state index in [0.29, 0.717) is 24.0 Å². The number of carbonyl (C=O) groups excluding carboxylic acids is 1. The summed E-state index contributed by atoms with van der Waals surface area (Å²) < 4.78 is 0. The van der Waals surface area contributed by atoms with Gasteiger partial charge in [-0.2, -0.15) is 0 Å². The molecule has 0 aromatic heterocycles. The van der Waals surface area contributed by atoms with Crippen molar-refractivity contribution in [2.24, 2.45) is 0 Å². The maximum atomic E-state index is 12.3. The zero-order chi connectivity index (χ0) is 13.3. The molecule has 0 radical (unpaired) electrons. The minimum atomic E-state index is -0.232. The Morgan fingerprint density at radius 1 is 1.42 bits per heavy atom. The van der Waals surface area contributed by atoms with Gasteiger partial charge in [-0.1, -0.05) is 13.8 Å². The zero-order valence-corrected chi connectivity index (χ0v) is 12.0. The summed E-state index contributed by atoms with van der Waals surface area (Å²) in [6.45, 7) is 3.79. The van der Waals surface area contributed by atoms with Crippen molar-refractivity contribution in [1.82, 2.24) is 5.32 Å². The van der Waals surface area contributed by atoms with Gasteiger partial charge in [-0.05, 0) is 30.5 Å². The van der Waals surface area contributed by atoms with Crippen LogP contribution in [0.4, 0.5) is 0 Å². The molecule has 0 aliphatic heterocycles. The second-order valence-corrected chi connectivity index (χ2v) is 5.02. The lowest BCUT2D eigenvalue weighted by atomic mass is 9.84. The van der Waals surface area contributed by atoms with Gasteiger partial charge >= 0.3 is 0 Å². The maximum absolute atomic E-state index is 12.3. The van der Waals surface area contributed by atoms with Gasteiger partial charge < -0.3 is 15.5 Å². The van der Waals surface area contributed by atoms with E-state index in [1.807, 2.05) is 13.8 Å². The number of rotatable bonds is 3. The molecular weight excluding hydrogens is 266 g/mol. The van der Waals surface area contributed by atoms with Gasteiger partial charge in [0.25, 0.3) is 0 Å². The van der Waals surface area contributed by atoms with Crippen LogP contribution >= 0.6 is 12.4 Å². The topological polar surface area (TPSA) is 69.6 Å². The molecule has 0 amide bonds. The number of Topliss-reactive ketones (excluding diaryl/α,β-unsaturated/α-hetero) is 1. The SMILES string of the molecule is CC(C)NC1CCc2c(ccc(O)c2CO)C1=O.Cl. The first kappa shape index (κ1) is 16.0. The van der Waals surface area contributed by atoms with E-state index in [9.17, 15) is 15.0 Å². The molecule has 3 N–H and O–H groups in total. The standard InChI is InChI=1S/C14H19NO3.ClH/c1-8(2)15-12-5-3-9-10(14(12)18)4-6-13(17)11(9)7-16;/h4,6,8,12,15-17H,3,5,7H2,1-2H3;1H. The molecule has 0 spiro atoms. The highest BCUT2D eigenvalue weighted by molar-refractivity contribution is 6.02. The highest BCUT2D eigenvalue weighted by Gasteiger charge is 2.29. The van der Waals surface area contributed by atoms with Gasteiger partial charge in [0.1, 0.15) is 5.75 Å². The molecule has 5 heteroatoms. The van der Waals surface area contributed by atoms with E-state index >= 15 is 0 Å². The Kier molecular flexibility index (Phi) is 5.35. The van der Waals surface area contributed by atoms with Crippen molar-refractivity contribution < 1.29 is 15.0 Å². The third-order valence-corrected chi connectivity index (χ3v) is 3.36. The van der Waals surface area contributed by atoms with Crippen LogP contribution in [0.3, 0.4) is 0 Å². The van der Waals surface area contributed by atoms with Gasteiger partial charge in [-0.25, -0.2) is 0 Å². The predicted molar refractivity (Wildman–Crippen MR) is 76.0 cm³/mol.